The molecule has 0 bridgehead atoms. The van der Waals surface area contributed by atoms with Gasteiger partial charge in [0.15, 0.2) is 0 Å². The monoisotopic (exact) mass is 367 g/mol. The molecule has 2 aromatic rings. The highest BCUT2D eigenvalue weighted by molar-refractivity contribution is 5.80. The number of aromatic nitrogens is 1. The summed E-state index contributed by atoms with van der Waals surface area (Å²) >= 11 is 0. The lowest BCUT2D eigenvalue weighted by molar-refractivity contribution is -0.145. The van der Waals surface area contributed by atoms with Gasteiger partial charge in [0, 0.05) is 18.0 Å². The van der Waals surface area contributed by atoms with Crippen LogP contribution in [0.15, 0.2) is 42.7 Å². The van der Waals surface area contributed by atoms with Gasteiger partial charge < -0.3 is 9.47 Å². The topological polar surface area (TPSA) is 48.4 Å². The Balaban J connectivity index is 1.95. The minimum absolute atomic E-state index is 0.154. The number of esters is 1. The Morgan fingerprint density at radius 1 is 1.19 bits per heavy atom. The van der Waals surface area contributed by atoms with E-state index in [9.17, 15) is 4.79 Å². The summed E-state index contributed by atoms with van der Waals surface area (Å²) in [4.78, 5) is 16.7. The third kappa shape index (κ3) is 5.31. The molecule has 1 aliphatic rings. The second kappa shape index (κ2) is 9.03. The van der Waals surface area contributed by atoms with E-state index >= 15 is 0 Å². The lowest BCUT2D eigenvalue weighted by Crippen LogP contribution is -2.18. The molecule has 0 saturated heterocycles. The summed E-state index contributed by atoms with van der Waals surface area (Å²) in [6.07, 6.45) is 6.83. The highest BCUT2D eigenvalue weighted by Gasteiger charge is 2.26. The lowest BCUT2D eigenvalue weighted by atomic mass is 9.88. The number of rotatable bonds is 9. The summed E-state index contributed by atoms with van der Waals surface area (Å²) in [6, 6.07) is 10.0. The molecule has 144 valence electrons. The smallest absolute Gasteiger partial charge is 0.313 e. The van der Waals surface area contributed by atoms with Crippen molar-refractivity contribution < 1.29 is 14.3 Å². The fourth-order valence-corrected chi connectivity index (χ4v) is 3.22. The van der Waals surface area contributed by atoms with Gasteiger partial charge in [-0.15, -0.1) is 0 Å². The van der Waals surface area contributed by atoms with Crippen molar-refractivity contribution in [3.63, 3.8) is 0 Å². The van der Waals surface area contributed by atoms with Crippen LogP contribution in [-0.2, 0) is 9.53 Å². The zero-order valence-electron chi connectivity index (χ0n) is 16.5. The molecule has 4 nitrogen and oxygen atoms in total. The van der Waals surface area contributed by atoms with E-state index in [0.717, 1.165) is 35.5 Å². The number of nitrogens with zero attached hydrogens (tertiary/aromatic N) is 1. The summed E-state index contributed by atoms with van der Waals surface area (Å²) in [7, 11) is 0. The Labute approximate surface area is 161 Å². The van der Waals surface area contributed by atoms with Crippen molar-refractivity contribution in [1.29, 1.82) is 0 Å². The van der Waals surface area contributed by atoms with Crippen LogP contribution >= 0.6 is 0 Å². The Kier molecular flexibility index (Phi) is 6.49. The third-order valence-electron chi connectivity index (χ3n) is 4.85. The van der Waals surface area contributed by atoms with Crippen LogP contribution < -0.4 is 4.74 Å². The van der Waals surface area contributed by atoms with E-state index in [1.807, 2.05) is 31.2 Å². The molecule has 1 aromatic heterocycles. The van der Waals surface area contributed by atoms with E-state index in [2.05, 4.69) is 24.9 Å². The van der Waals surface area contributed by atoms with E-state index in [1.54, 1.807) is 12.4 Å². The Hall–Kier alpha value is -2.36. The number of carbonyl (C=O) groups excluding carboxylic acids is 1. The van der Waals surface area contributed by atoms with Crippen molar-refractivity contribution in [3.8, 4) is 16.9 Å². The average Bonchev–Trinajstić information content (AvgIpc) is 3.49. The van der Waals surface area contributed by atoms with Crippen LogP contribution in [0.5, 0.6) is 5.75 Å². The van der Waals surface area contributed by atoms with E-state index < -0.39 is 0 Å². The highest BCUT2D eigenvalue weighted by atomic mass is 16.5. The summed E-state index contributed by atoms with van der Waals surface area (Å²) in [5.74, 6) is 1.53. The van der Waals surface area contributed by atoms with E-state index in [0.29, 0.717) is 18.4 Å². The largest absolute Gasteiger partial charge is 0.493 e. The molecule has 1 atom stereocenters. The van der Waals surface area contributed by atoms with Gasteiger partial charge in [-0.1, -0.05) is 19.9 Å². The van der Waals surface area contributed by atoms with Gasteiger partial charge in [0.05, 0.1) is 19.1 Å². The standard InChI is InChI=1S/C23H29NO3/c1-4-26-23(25)21(13-16(2)3)19-7-8-22(27-15-17-5-6-17)20(14-19)18-9-11-24-12-10-18/h7-12,14,16-17,21H,4-6,13,15H2,1-3H3. The van der Waals surface area contributed by atoms with Crippen molar-refractivity contribution in [3.05, 3.63) is 48.3 Å². The lowest BCUT2D eigenvalue weighted by Gasteiger charge is -2.20. The maximum Gasteiger partial charge on any atom is 0.313 e. The molecule has 1 aromatic carbocycles. The molecule has 0 radical (unpaired) electrons. The van der Waals surface area contributed by atoms with Crippen molar-refractivity contribution >= 4 is 5.97 Å². The molecule has 1 unspecified atom stereocenters. The molecule has 1 heterocycles. The molecule has 1 saturated carbocycles. The predicted molar refractivity (Wildman–Crippen MR) is 107 cm³/mol. The van der Waals surface area contributed by atoms with Gasteiger partial charge in [0.1, 0.15) is 5.75 Å². The first kappa shape index (κ1) is 19.4. The summed E-state index contributed by atoms with van der Waals surface area (Å²) in [5.41, 5.74) is 3.03. The maximum absolute atomic E-state index is 12.6. The number of ether oxygens (including phenoxy) is 2. The van der Waals surface area contributed by atoms with Gasteiger partial charge in [0.2, 0.25) is 0 Å². The molecular formula is C23H29NO3. The van der Waals surface area contributed by atoms with Crippen LogP contribution in [0, 0.1) is 11.8 Å². The van der Waals surface area contributed by atoms with Crippen molar-refractivity contribution in [1.82, 2.24) is 4.98 Å². The summed E-state index contributed by atoms with van der Waals surface area (Å²) in [6.45, 7) is 7.26. The Bertz CT molecular complexity index is 753. The Morgan fingerprint density at radius 2 is 1.93 bits per heavy atom. The van der Waals surface area contributed by atoms with Crippen LogP contribution in [0.2, 0.25) is 0 Å². The number of benzene rings is 1. The molecule has 1 aliphatic carbocycles. The van der Waals surface area contributed by atoms with E-state index in [-0.39, 0.29) is 11.9 Å². The molecule has 27 heavy (non-hydrogen) atoms. The highest BCUT2D eigenvalue weighted by Crippen LogP contribution is 2.37. The molecule has 0 N–H and O–H groups in total. The Morgan fingerprint density at radius 3 is 2.56 bits per heavy atom. The first-order valence-electron chi connectivity index (χ1n) is 9.92. The molecule has 0 spiro atoms. The molecule has 0 amide bonds. The molecular weight excluding hydrogens is 338 g/mol. The minimum atomic E-state index is -0.261. The first-order chi connectivity index (χ1) is 13.1. The quantitative estimate of drug-likeness (QED) is 0.569. The molecule has 1 fully saturated rings. The van der Waals surface area contributed by atoms with Gasteiger partial charge in [-0.2, -0.15) is 0 Å². The summed E-state index contributed by atoms with van der Waals surface area (Å²) < 4.78 is 11.4. The van der Waals surface area contributed by atoms with Gasteiger partial charge >= 0.3 is 5.97 Å². The normalized spacial score (nSPS) is 14.8. The number of hydrogen-bond donors (Lipinski definition) is 0. The SMILES string of the molecule is CCOC(=O)C(CC(C)C)c1ccc(OCC2CC2)c(-c2ccncc2)c1. The van der Waals surface area contributed by atoms with Gasteiger partial charge in [-0.3, -0.25) is 9.78 Å². The van der Waals surface area contributed by atoms with Crippen molar-refractivity contribution in [2.75, 3.05) is 13.2 Å². The molecule has 0 aliphatic heterocycles. The van der Waals surface area contributed by atoms with Crippen LogP contribution in [0.1, 0.15) is 51.5 Å². The molecule has 3 rings (SSSR count). The van der Waals surface area contributed by atoms with Crippen LogP contribution in [0.3, 0.4) is 0 Å². The first-order valence-corrected chi connectivity index (χ1v) is 9.92. The zero-order valence-corrected chi connectivity index (χ0v) is 16.5. The number of hydrogen-bond acceptors (Lipinski definition) is 4. The maximum atomic E-state index is 12.6. The average molecular weight is 367 g/mol. The number of carbonyl (C=O) groups is 1. The van der Waals surface area contributed by atoms with Gasteiger partial charge in [0.25, 0.3) is 0 Å². The van der Waals surface area contributed by atoms with Crippen molar-refractivity contribution in [2.24, 2.45) is 11.8 Å². The summed E-state index contributed by atoms with van der Waals surface area (Å²) in [5, 5.41) is 0. The second-order valence-corrected chi connectivity index (χ2v) is 7.68. The van der Waals surface area contributed by atoms with E-state index in [4.69, 9.17) is 9.47 Å². The minimum Gasteiger partial charge on any atom is -0.493 e. The van der Waals surface area contributed by atoms with E-state index in [1.165, 1.54) is 12.8 Å². The van der Waals surface area contributed by atoms with Crippen LogP contribution in [0.4, 0.5) is 0 Å². The number of pyridine rings is 1. The van der Waals surface area contributed by atoms with Crippen LogP contribution in [0.25, 0.3) is 11.1 Å². The van der Waals surface area contributed by atoms with Crippen molar-refractivity contribution in [2.45, 2.75) is 46.0 Å². The van der Waals surface area contributed by atoms with Gasteiger partial charge in [-0.25, -0.2) is 0 Å². The second-order valence-electron chi connectivity index (χ2n) is 7.68. The van der Waals surface area contributed by atoms with Crippen LogP contribution in [-0.4, -0.2) is 24.2 Å². The van der Waals surface area contributed by atoms with Gasteiger partial charge in [-0.05, 0) is 73.4 Å². The molecule has 4 heteroatoms. The predicted octanol–water partition coefficient (Wildman–Crippen LogP) is 5.23. The zero-order chi connectivity index (χ0) is 19.2. The third-order valence-corrected chi connectivity index (χ3v) is 4.85. The fraction of sp³-hybridized carbons (Fsp3) is 0.478. The fourth-order valence-electron chi connectivity index (χ4n) is 3.22.